The van der Waals surface area contributed by atoms with Crippen molar-refractivity contribution in [2.75, 3.05) is 13.7 Å². The van der Waals surface area contributed by atoms with E-state index in [-0.39, 0.29) is 0 Å². The maximum Gasteiger partial charge on any atom is 0.412 e. The van der Waals surface area contributed by atoms with Gasteiger partial charge in [0.2, 0.25) is 6.30 Å². The Labute approximate surface area is 87.5 Å². The summed E-state index contributed by atoms with van der Waals surface area (Å²) in [6.07, 6.45) is -1.33. The van der Waals surface area contributed by atoms with Crippen molar-refractivity contribution < 1.29 is 13.9 Å². The number of ether oxygens (including phenoxy) is 1. The van der Waals surface area contributed by atoms with Crippen LogP contribution in [0.4, 0.5) is 9.18 Å². The molecule has 1 aromatic rings. The van der Waals surface area contributed by atoms with Crippen LogP contribution in [0.15, 0.2) is 24.3 Å². The molecule has 1 atom stereocenters. The van der Waals surface area contributed by atoms with E-state index in [0.29, 0.717) is 18.5 Å². The lowest BCUT2D eigenvalue weighted by atomic mass is 9.99. The lowest BCUT2D eigenvalue weighted by Crippen LogP contribution is -2.38. The highest BCUT2D eigenvalue weighted by Crippen LogP contribution is 2.30. The Morgan fingerprint density at radius 1 is 1.53 bits per heavy atom. The highest BCUT2D eigenvalue weighted by Gasteiger charge is 2.30. The summed E-state index contributed by atoms with van der Waals surface area (Å²) in [6, 6.07) is 7.23. The standard InChI is InChI=1S/C11H12FNO2/c1-15-11(14)13-7-6-8-4-2-3-5-9(8)10(13)12/h2-5,10H,6-7H2,1H3. The molecule has 3 nitrogen and oxygen atoms in total. The van der Waals surface area contributed by atoms with E-state index in [0.717, 1.165) is 10.5 Å². The van der Waals surface area contributed by atoms with Crippen molar-refractivity contribution in [3.05, 3.63) is 35.4 Å². The maximum atomic E-state index is 13.9. The molecule has 2 rings (SSSR count). The predicted octanol–water partition coefficient (Wildman–Crippen LogP) is 2.28. The van der Waals surface area contributed by atoms with Crippen molar-refractivity contribution in [2.24, 2.45) is 0 Å². The molecule has 0 fully saturated rings. The molecule has 0 radical (unpaired) electrons. The van der Waals surface area contributed by atoms with Gasteiger partial charge in [0, 0.05) is 12.1 Å². The number of alkyl halides is 1. The number of methoxy groups -OCH3 is 1. The highest BCUT2D eigenvalue weighted by molar-refractivity contribution is 5.68. The Balaban J connectivity index is 2.29. The average molecular weight is 209 g/mol. The van der Waals surface area contributed by atoms with Gasteiger partial charge < -0.3 is 4.74 Å². The Morgan fingerprint density at radius 3 is 3.00 bits per heavy atom. The molecule has 1 aliphatic heterocycles. The van der Waals surface area contributed by atoms with Crippen LogP contribution in [0.3, 0.4) is 0 Å². The van der Waals surface area contributed by atoms with E-state index in [1.807, 2.05) is 12.1 Å². The second-order valence-electron chi connectivity index (χ2n) is 3.45. The lowest BCUT2D eigenvalue weighted by Gasteiger charge is -2.30. The predicted molar refractivity (Wildman–Crippen MR) is 53.1 cm³/mol. The van der Waals surface area contributed by atoms with Crippen LogP contribution in [0.2, 0.25) is 0 Å². The molecule has 1 amide bonds. The van der Waals surface area contributed by atoms with Crippen LogP contribution < -0.4 is 0 Å². The zero-order valence-corrected chi connectivity index (χ0v) is 8.44. The molecule has 0 N–H and O–H groups in total. The largest absolute Gasteiger partial charge is 0.453 e. The molecular formula is C11H12FNO2. The van der Waals surface area contributed by atoms with Gasteiger partial charge in [0.05, 0.1) is 7.11 Å². The third-order valence-electron chi connectivity index (χ3n) is 2.62. The Hall–Kier alpha value is -1.58. The van der Waals surface area contributed by atoms with Gasteiger partial charge in [0.1, 0.15) is 0 Å². The number of nitrogens with zero attached hydrogens (tertiary/aromatic N) is 1. The topological polar surface area (TPSA) is 29.5 Å². The molecule has 1 heterocycles. The molecule has 1 aliphatic rings. The van der Waals surface area contributed by atoms with Crippen molar-refractivity contribution in [3.63, 3.8) is 0 Å². The number of carbonyl (C=O) groups is 1. The molecule has 0 saturated carbocycles. The summed E-state index contributed by atoms with van der Waals surface area (Å²) in [7, 11) is 1.26. The monoisotopic (exact) mass is 209 g/mol. The Kier molecular flexibility index (Phi) is 2.58. The van der Waals surface area contributed by atoms with E-state index in [9.17, 15) is 9.18 Å². The number of hydrogen-bond donors (Lipinski definition) is 0. The summed E-state index contributed by atoms with van der Waals surface area (Å²) in [5.74, 6) is 0. The Morgan fingerprint density at radius 2 is 2.27 bits per heavy atom. The second kappa shape index (κ2) is 3.88. The van der Waals surface area contributed by atoms with Crippen LogP contribution in [0.25, 0.3) is 0 Å². The summed E-state index contributed by atoms with van der Waals surface area (Å²) in [4.78, 5) is 12.4. The zero-order valence-electron chi connectivity index (χ0n) is 8.44. The molecule has 0 aliphatic carbocycles. The summed E-state index contributed by atoms with van der Waals surface area (Å²) in [5, 5.41) is 0. The van der Waals surface area contributed by atoms with Crippen LogP contribution in [-0.2, 0) is 11.2 Å². The van der Waals surface area contributed by atoms with Gasteiger partial charge in [0.25, 0.3) is 0 Å². The number of carbonyl (C=O) groups excluding carboxylic acids is 1. The van der Waals surface area contributed by atoms with Crippen LogP contribution >= 0.6 is 0 Å². The molecule has 1 unspecified atom stereocenters. The first kappa shape index (κ1) is 9.96. The van der Waals surface area contributed by atoms with Crippen LogP contribution in [0.1, 0.15) is 17.4 Å². The molecule has 0 bridgehead atoms. The smallest absolute Gasteiger partial charge is 0.412 e. The van der Waals surface area contributed by atoms with E-state index >= 15 is 0 Å². The number of hydrogen-bond acceptors (Lipinski definition) is 2. The molecule has 4 heteroatoms. The molecule has 0 aromatic heterocycles. The average Bonchev–Trinajstić information content (AvgIpc) is 2.29. The summed E-state index contributed by atoms with van der Waals surface area (Å²) in [6.45, 7) is 0.366. The van der Waals surface area contributed by atoms with Gasteiger partial charge in [-0.25, -0.2) is 9.18 Å². The van der Waals surface area contributed by atoms with Gasteiger partial charge in [-0.2, -0.15) is 0 Å². The molecule has 0 spiro atoms. The van der Waals surface area contributed by atoms with Gasteiger partial charge >= 0.3 is 6.09 Å². The minimum Gasteiger partial charge on any atom is -0.453 e. The minimum atomic E-state index is -1.39. The molecule has 15 heavy (non-hydrogen) atoms. The molecule has 80 valence electrons. The SMILES string of the molecule is COC(=O)N1CCc2ccccc2C1F. The summed E-state index contributed by atoms with van der Waals surface area (Å²) < 4.78 is 18.4. The zero-order chi connectivity index (χ0) is 10.8. The summed E-state index contributed by atoms with van der Waals surface area (Å²) >= 11 is 0. The molecule has 0 saturated heterocycles. The number of fused-ring (bicyclic) bond motifs is 1. The first-order chi connectivity index (χ1) is 7.24. The van der Waals surface area contributed by atoms with Gasteiger partial charge in [-0.15, -0.1) is 0 Å². The van der Waals surface area contributed by atoms with Gasteiger partial charge in [-0.3, -0.25) is 4.90 Å². The quantitative estimate of drug-likeness (QED) is 0.613. The fourth-order valence-corrected chi connectivity index (χ4v) is 1.82. The van der Waals surface area contributed by atoms with E-state index in [1.165, 1.54) is 7.11 Å². The molecular weight excluding hydrogens is 197 g/mol. The first-order valence-corrected chi connectivity index (χ1v) is 4.80. The first-order valence-electron chi connectivity index (χ1n) is 4.80. The number of rotatable bonds is 0. The van der Waals surface area contributed by atoms with E-state index < -0.39 is 12.4 Å². The highest BCUT2D eigenvalue weighted by atomic mass is 19.1. The summed E-state index contributed by atoms with van der Waals surface area (Å²) in [5.41, 5.74) is 1.53. The number of benzene rings is 1. The van der Waals surface area contributed by atoms with Crippen molar-refractivity contribution in [1.82, 2.24) is 4.90 Å². The van der Waals surface area contributed by atoms with Gasteiger partial charge in [-0.1, -0.05) is 24.3 Å². The van der Waals surface area contributed by atoms with Gasteiger partial charge in [-0.05, 0) is 12.0 Å². The van der Waals surface area contributed by atoms with Crippen molar-refractivity contribution in [2.45, 2.75) is 12.7 Å². The van der Waals surface area contributed by atoms with Crippen LogP contribution in [0, 0.1) is 0 Å². The lowest BCUT2D eigenvalue weighted by molar-refractivity contribution is 0.0533. The third-order valence-corrected chi connectivity index (χ3v) is 2.62. The number of halogens is 1. The van der Waals surface area contributed by atoms with Crippen molar-refractivity contribution in [1.29, 1.82) is 0 Å². The third kappa shape index (κ3) is 1.67. The van der Waals surface area contributed by atoms with E-state index in [2.05, 4.69) is 4.74 Å². The maximum absolute atomic E-state index is 13.9. The number of amides is 1. The minimum absolute atomic E-state index is 0.366. The van der Waals surface area contributed by atoms with Crippen molar-refractivity contribution >= 4 is 6.09 Å². The molecule has 1 aromatic carbocycles. The normalized spacial score (nSPS) is 19.6. The van der Waals surface area contributed by atoms with E-state index in [1.54, 1.807) is 12.1 Å². The van der Waals surface area contributed by atoms with Crippen LogP contribution in [0.5, 0.6) is 0 Å². The fraction of sp³-hybridized carbons (Fsp3) is 0.364. The fourth-order valence-electron chi connectivity index (χ4n) is 1.82. The van der Waals surface area contributed by atoms with Gasteiger partial charge in [0.15, 0.2) is 0 Å². The van der Waals surface area contributed by atoms with Crippen LogP contribution in [-0.4, -0.2) is 24.6 Å². The van der Waals surface area contributed by atoms with E-state index in [4.69, 9.17) is 0 Å². The second-order valence-corrected chi connectivity index (χ2v) is 3.45. The van der Waals surface area contributed by atoms with Crippen molar-refractivity contribution in [3.8, 4) is 0 Å². The Bertz CT molecular complexity index is 381.